The molecule has 112 valence electrons. The first-order chi connectivity index (χ1) is 10.1. The van der Waals surface area contributed by atoms with Gasteiger partial charge in [0.15, 0.2) is 0 Å². The molecule has 0 radical (unpaired) electrons. The molecule has 0 saturated heterocycles. The molecule has 0 fully saturated rings. The normalized spacial score (nSPS) is 12.2. The number of methoxy groups -OCH3 is 1. The summed E-state index contributed by atoms with van der Waals surface area (Å²) in [5.41, 5.74) is 1.38. The van der Waals surface area contributed by atoms with Crippen molar-refractivity contribution in [1.82, 2.24) is 5.32 Å². The highest BCUT2D eigenvalue weighted by Crippen LogP contribution is 2.37. The predicted octanol–water partition coefficient (Wildman–Crippen LogP) is 4.84. The second kappa shape index (κ2) is 7.12. The third-order valence-electron chi connectivity index (χ3n) is 3.20. The summed E-state index contributed by atoms with van der Waals surface area (Å²) in [5.74, 6) is 0.246. The highest BCUT2D eigenvalue weighted by molar-refractivity contribution is 6.36. The van der Waals surface area contributed by atoms with Crippen LogP contribution in [0.15, 0.2) is 36.4 Å². The Morgan fingerprint density at radius 1 is 1.19 bits per heavy atom. The summed E-state index contributed by atoms with van der Waals surface area (Å²) in [5, 5.41) is 4.34. The maximum absolute atomic E-state index is 13.7. The van der Waals surface area contributed by atoms with Crippen LogP contribution in [0, 0.1) is 5.82 Å². The third-order valence-corrected chi connectivity index (χ3v) is 3.86. The number of hydrogen-bond acceptors (Lipinski definition) is 2. The van der Waals surface area contributed by atoms with Crippen LogP contribution in [0.3, 0.4) is 0 Å². The fraction of sp³-hybridized carbons (Fsp3) is 0.250. The fourth-order valence-electron chi connectivity index (χ4n) is 2.29. The van der Waals surface area contributed by atoms with Crippen LogP contribution in [-0.2, 0) is 0 Å². The van der Waals surface area contributed by atoms with E-state index < -0.39 is 0 Å². The van der Waals surface area contributed by atoms with Crippen molar-refractivity contribution in [2.75, 3.05) is 13.7 Å². The molecule has 0 aliphatic heterocycles. The van der Waals surface area contributed by atoms with E-state index in [2.05, 4.69) is 5.32 Å². The Morgan fingerprint density at radius 2 is 1.86 bits per heavy atom. The molecule has 0 heterocycles. The van der Waals surface area contributed by atoms with Crippen LogP contribution in [0.25, 0.3) is 0 Å². The van der Waals surface area contributed by atoms with Gasteiger partial charge < -0.3 is 10.1 Å². The minimum atomic E-state index is -0.346. The molecule has 0 aromatic heterocycles. The lowest BCUT2D eigenvalue weighted by atomic mass is 9.97. The van der Waals surface area contributed by atoms with Crippen molar-refractivity contribution in [3.8, 4) is 5.75 Å². The third kappa shape index (κ3) is 3.49. The Morgan fingerprint density at radius 3 is 2.43 bits per heavy atom. The molecule has 2 aromatic carbocycles. The molecule has 0 amide bonds. The number of ether oxygens (including phenoxy) is 1. The fourth-order valence-corrected chi connectivity index (χ4v) is 2.90. The number of rotatable bonds is 5. The average molecular weight is 328 g/mol. The largest absolute Gasteiger partial charge is 0.496 e. The van der Waals surface area contributed by atoms with Crippen molar-refractivity contribution < 1.29 is 9.13 Å². The predicted molar refractivity (Wildman–Crippen MR) is 84.9 cm³/mol. The molecular formula is C16H16Cl2FNO. The maximum Gasteiger partial charge on any atom is 0.124 e. The van der Waals surface area contributed by atoms with Crippen molar-refractivity contribution in [3.05, 3.63) is 63.4 Å². The highest BCUT2D eigenvalue weighted by Gasteiger charge is 2.22. The van der Waals surface area contributed by atoms with Gasteiger partial charge in [-0.05, 0) is 36.9 Å². The number of hydrogen-bond donors (Lipinski definition) is 1. The molecule has 2 aromatic rings. The Hall–Kier alpha value is -1.29. The number of nitrogens with one attached hydrogen (secondary N) is 1. The summed E-state index contributed by atoms with van der Waals surface area (Å²) in [6.07, 6.45) is 0. The van der Waals surface area contributed by atoms with Crippen molar-refractivity contribution in [3.63, 3.8) is 0 Å². The van der Waals surface area contributed by atoms with Gasteiger partial charge in [0, 0.05) is 21.2 Å². The van der Waals surface area contributed by atoms with Crippen LogP contribution < -0.4 is 10.1 Å². The first kappa shape index (κ1) is 16.1. The maximum atomic E-state index is 13.7. The Kier molecular flexibility index (Phi) is 5.45. The van der Waals surface area contributed by atoms with Crippen molar-refractivity contribution in [2.45, 2.75) is 13.0 Å². The van der Waals surface area contributed by atoms with Crippen molar-refractivity contribution in [1.29, 1.82) is 0 Å². The van der Waals surface area contributed by atoms with E-state index in [9.17, 15) is 4.39 Å². The molecule has 1 atom stereocenters. The van der Waals surface area contributed by atoms with E-state index in [-0.39, 0.29) is 11.9 Å². The van der Waals surface area contributed by atoms with Crippen LogP contribution in [0.2, 0.25) is 10.0 Å². The monoisotopic (exact) mass is 327 g/mol. The minimum Gasteiger partial charge on any atom is -0.496 e. The molecule has 1 N–H and O–H groups in total. The van der Waals surface area contributed by atoms with Gasteiger partial charge in [-0.25, -0.2) is 4.39 Å². The summed E-state index contributed by atoms with van der Waals surface area (Å²) >= 11 is 12.6. The van der Waals surface area contributed by atoms with Gasteiger partial charge in [-0.2, -0.15) is 0 Å². The molecular weight excluding hydrogens is 312 g/mol. The van der Waals surface area contributed by atoms with Gasteiger partial charge in [0.25, 0.3) is 0 Å². The second-order valence-corrected chi connectivity index (χ2v) is 5.33. The first-order valence-electron chi connectivity index (χ1n) is 6.59. The van der Waals surface area contributed by atoms with Gasteiger partial charge in [-0.1, -0.05) is 36.2 Å². The van der Waals surface area contributed by atoms with E-state index in [1.165, 1.54) is 12.1 Å². The molecule has 0 saturated carbocycles. The Labute approximate surface area is 133 Å². The average Bonchev–Trinajstić information content (AvgIpc) is 2.46. The zero-order valence-electron chi connectivity index (χ0n) is 11.8. The van der Waals surface area contributed by atoms with Crippen LogP contribution >= 0.6 is 23.2 Å². The smallest absolute Gasteiger partial charge is 0.124 e. The SMILES string of the molecule is CCNC(c1cc(F)ccc1OC)c1c(Cl)cccc1Cl. The Balaban J connectivity index is 2.61. The quantitative estimate of drug-likeness (QED) is 0.848. The zero-order chi connectivity index (χ0) is 15.4. The van der Waals surface area contributed by atoms with E-state index in [4.69, 9.17) is 27.9 Å². The van der Waals surface area contributed by atoms with Crippen LogP contribution in [0.1, 0.15) is 24.1 Å². The summed E-state index contributed by atoms with van der Waals surface area (Å²) < 4.78 is 19.0. The van der Waals surface area contributed by atoms with E-state index in [1.807, 2.05) is 6.92 Å². The lowest BCUT2D eigenvalue weighted by Gasteiger charge is -2.23. The van der Waals surface area contributed by atoms with Gasteiger partial charge in [0.2, 0.25) is 0 Å². The van der Waals surface area contributed by atoms with E-state index in [0.717, 1.165) is 0 Å². The molecule has 21 heavy (non-hydrogen) atoms. The van der Waals surface area contributed by atoms with Gasteiger partial charge in [0.1, 0.15) is 11.6 Å². The topological polar surface area (TPSA) is 21.3 Å². The van der Waals surface area contributed by atoms with Crippen molar-refractivity contribution >= 4 is 23.2 Å². The van der Waals surface area contributed by atoms with Crippen LogP contribution in [-0.4, -0.2) is 13.7 Å². The molecule has 0 bridgehead atoms. The standard InChI is InChI=1S/C16H16Cl2FNO/c1-3-20-16(15-12(17)5-4-6-13(15)18)11-9-10(19)7-8-14(11)21-2/h4-9,16,20H,3H2,1-2H3. The molecule has 0 spiro atoms. The van der Waals surface area contributed by atoms with Crippen LogP contribution in [0.5, 0.6) is 5.75 Å². The lowest BCUT2D eigenvalue weighted by Crippen LogP contribution is -2.23. The van der Waals surface area contributed by atoms with E-state index >= 15 is 0 Å². The molecule has 0 aliphatic rings. The lowest BCUT2D eigenvalue weighted by molar-refractivity contribution is 0.402. The van der Waals surface area contributed by atoms with Gasteiger partial charge >= 0.3 is 0 Å². The second-order valence-electron chi connectivity index (χ2n) is 4.51. The van der Waals surface area contributed by atoms with Gasteiger partial charge in [-0.15, -0.1) is 0 Å². The zero-order valence-corrected chi connectivity index (χ0v) is 13.3. The summed E-state index contributed by atoms with van der Waals surface area (Å²) in [4.78, 5) is 0. The molecule has 5 heteroatoms. The molecule has 0 aliphatic carbocycles. The molecule has 2 rings (SSSR count). The summed E-state index contributed by atoms with van der Waals surface area (Å²) in [6.45, 7) is 2.63. The van der Waals surface area contributed by atoms with Crippen molar-refractivity contribution in [2.24, 2.45) is 0 Å². The van der Waals surface area contributed by atoms with Gasteiger partial charge in [0.05, 0.1) is 13.2 Å². The first-order valence-corrected chi connectivity index (χ1v) is 7.34. The summed E-state index contributed by atoms with van der Waals surface area (Å²) in [6, 6.07) is 9.35. The van der Waals surface area contributed by atoms with Crippen LogP contribution in [0.4, 0.5) is 4.39 Å². The number of benzene rings is 2. The molecule has 2 nitrogen and oxygen atoms in total. The Bertz CT molecular complexity index is 613. The number of halogens is 3. The van der Waals surface area contributed by atoms with E-state index in [0.29, 0.717) is 33.5 Å². The minimum absolute atomic E-state index is 0.336. The van der Waals surface area contributed by atoms with Gasteiger partial charge in [-0.3, -0.25) is 0 Å². The highest BCUT2D eigenvalue weighted by atomic mass is 35.5. The molecule has 1 unspecified atom stereocenters. The van der Waals surface area contributed by atoms with E-state index in [1.54, 1.807) is 31.4 Å². The summed E-state index contributed by atoms with van der Waals surface area (Å²) in [7, 11) is 1.55.